The molecule has 32 heavy (non-hydrogen) atoms. The Morgan fingerprint density at radius 3 is 1.72 bits per heavy atom. The number of hydrogen-bond donors (Lipinski definition) is 0. The minimum atomic E-state index is 0.356. The van der Waals surface area contributed by atoms with Gasteiger partial charge in [0.2, 0.25) is 6.71 Å². The Hall–Kier alpha value is -3.33. The largest absolute Gasteiger partial charge is 0.303 e. The van der Waals surface area contributed by atoms with E-state index < -0.39 is 0 Å². The lowest BCUT2D eigenvalue weighted by Gasteiger charge is -2.11. The Morgan fingerprint density at radius 1 is 0.750 bits per heavy atom. The number of aryl methyl sites for hydroxylation is 3. The second-order valence-corrected chi connectivity index (χ2v) is 8.57. The fraction of sp³-hybridized carbons (Fsp3) is 0.207. The second-order valence-electron chi connectivity index (χ2n) is 8.57. The van der Waals surface area contributed by atoms with Crippen LogP contribution in [0, 0.1) is 26.7 Å². The molecule has 1 heterocycles. The van der Waals surface area contributed by atoms with Crippen LogP contribution in [-0.2, 0) is 0 Å². The van der Waals surface area contributed by atoms with Gasteiger partial charge in [-0.2, -0.15) is 0 Å². The zero-order valence-corrected chi connectivity index (χ0v) is 19.9. The molecule has 3 aromatic carbocycles. The van der Waals surface area contributed by atoms with Crippen molar-refractivity contribution in [2.45, 2.75) is 34.6 Å². The standard InChI is InChI=1S/C17H19B.C12H14N2/c1-15(2)13-14-18(16-9-5-3-6-10-16)17-11-7-4-8-12-17;1-9-5-4-6-10(2)12(9)14-8-13-7-11(14)3/h3-15H,1-2H3;4-8H,1-3H3. The lowest BCUT2D eigenvalue weighted by atomic mass is 9.40. The van der Waals surface area contributed by atoms with E-state index >= 15 is 0 Å². The molecule has 0 N–H and O–H groups in total. The van der Waals surface area contributed by atoms with E-state index in [0.717, 1.165) is 0 Å². The molecule has 4 aromatic rings. The first kappa shape index (κ1) is 23.3. The summed E-state index contributed by atoms with van der Waals surface area (Å²) < 4.78 is 2.13. The van der Waals surface area contributed by atoms with Gasteiger partial charge in [0.25, 0.3) is 0 Å². The maximum Gasteiger partial charge on any atom is 0.233 e. The molecule has 0 saturated carbocycles. The summed E-state index contributed by atoms with van der Waals surface area (Å²) in [5.41, 5.74) is 7.68. The molecule has 0 unspecified atom stereocenters. The first-order valence-electron chi connectivity index (χ1n) is 11.3. The van der Waals surface area contributed by atoms with E-state index in [-0.39, 0.29) is 0 Å². The van der Waals surface area contributed by atoms with E-state index in [2.05, 4.69) is 135 Å². The Bertz CT molecular complexity index is 1070. The van der Waals surface area contributed by atoms with Gasteiger partial charge in [0.1, 0.15) is 0 Å². The first-order chi connectivity index (χ1) is 15.5. The van der Waals surface area contributed by atoms with Gasteiger partial charge >= 0.3 is 0 Å². The molecule has 0 amide bonds. The highest BCUT2D eigenvalue weighted by Gasteiger charge is 2.14. The van der Waals surface area contributed by atoms with Crippen molar-refractivity contribution in [1.82, 2.24) is 9.55 Å². The SMILES string of the molecule is CC(C)C=CB(c1ccccc1)c1ccccc1.Cc1cccc(C)c1-n1cncc1C. The second kappa shape index (κ2) is 11.3. The molecular weight excluding hydrogens is 387 g/mol. The van der Waals surface area contributed by atoms with E-state index in [4.69, 9.17) is 0 Å². The van der Waals surface area contributed by atoms with Crippen LogP contribution in [0.15, 0.2) is 103 Å². The number of rotatable bonds is 5. The highest BCUT2D eigenvalue weighted by Crippen LogP contribution is 2.19. The molecule has 0 fully saturated rings. The third-order valence-electron chi connectivity index (χ3n) is 5.51. The van der Waals surface area contributed by atoms with E-state index in [0.29, 0.717) is 12.6 Å². The number of benzene rings is 3. The number of hydrogen-bond acceptors (Lipinski definition) is 1. The number of nitrogens with zero attached hydrogens (tertiary/aromatic N) is 2. The van der Waals surface area contributed by atoms with Crippen molar-refractivity contribution in [2.24, 2.45) is 5.92 Å². The summed E-state index contributed by atoms with van der Waals surface area (Å²) in [4.78, 5) is 4.14. The normalized spacial score (nSPS) is 10.8. The van der Waals surface area contributed by atoms with Crippen molar-refractivity contribution in [1.29, 1.82) is 0 Å². The predicted molar refractivity (Wildman–Crippen MR) is 140 cm³/mol. The Morgan fingerprint density at radius 2 is 1.28 bits per heavy atom. The number of aromatic nitrogens is 2. The molecule has 0 aliphatic carbocycles. The monoisotopic (exact) mass is 420 g/mol. The lowest BCUT2D eigenvalue weighted by Crippen LogP contribution is -2.40. The summed E-state index contributed by atoms with van der Waals surface area (Å²) >= 11 is 0. The van der Waals surface area contributed by atoms with Gasteiger partial charge in [0.15, 0.2) is 0 Å². The van der Waals surface area contributed by atoms with Crippen LogP contribution in [0.1, 0.15) is 30.7 Å². The van der Waals surface area contributed by atoms with Gasteiger partial charge in [0.05, 0.1) is 12.0 Å². The smallest absolute Gasteiger partial charge is 0.233 e. The number of para-hydroxylation sites is 1. The zero-order valence-electron chi connectivity index (χ0n) is 19.9. The van der Waals surface area contributed by atoms with Crippen molar-refractivity contribution in [3.63, 3.8) is 0 Å². The van der Waals surface area contributed by atoms with Crippen LogP contribution in [0.5, 0.6) is 0 Å². The average Bonchev–Trinajstić information content (AvgIpc) is 3.21. The Labute approximate surface area is 193 Å². The molecule has 162 valence electrons. The highest BCUT2D eigenvalue weighted by atomic mass is 15.0. The minimum Gasteiger partial charge on any atom is -0.303 e. The molecule has 2 nitrogen and oxygen atoms in total. The van der Waals surface area contributed by atoms with Gasteiger partial charge in [-0.25, -0.2) is 4.98 Å². The quantitative estimate of drug-likeness (QED) is 0.371. The van der Waals surface area contributed by atoms with E-state index in [9.17, 15) is 0 Å². The van der Waals surface area contributed by atoms with Gasteiger partial charge < -0.3 is 4.57 Å². The number of allylic oxidation sites excluding steroid dienone is 1. The van der Waals surface area contributed by atoms with Gasteiger partial charge in [0, 0.05) is 11.9 Å². The topological polar surface area (TPSA) is 17.8 Å². The van der Waals surface area contributed by atoms with Crippen molar-refractivity contribution in [3.8, 4) is 5.69 Å². The zero-order chi connectivity index (χ0) is 22.9. The van der Waals surface area contributed by atoms with Crippen LogP contribution in [0.2, 0.25) is 0 Å². The summed E-state index contributed by atoms with van der Waals surface area (Å²) in [6, 6.07) is 27.7. The molecular formula is C29H33BN2. The molecule has 0 spiro atoms. The molecule has 0 aliphatic rings. The Balaban J connectivity index is 0.000000186. The summed E-state index contributed by atoms with van der Waals surface area (Å²) in [6.07, 6.45) is 6.03. The van der Waals surface area contributed by atoms with E-state index in [1.807, 2.05) is 12.5 Å². The van der Waals surface area contributed by atoms with Gasteiger partial charge in [-0.3, -0.25) is 0 Å². The maximum atomic E-state index is 4.14. The molecule has 3 heteroatoms. The van der Waals surface area contributed by atoms with Crippen LogP contribution >= 0.6 is 0 Å². The summed E-state index contributed by atoms with van der Waals surface area (Å²) in [7, 11) is 0. The van der Waals surface area contributed by atoms with Crippen LogP contribution in [0.4, 0.5) is 0 Å². The van der Waals surface area contributed by atoms with Gasteiger partial charge in [-0.1, -0.05) is 110 Å². The van der Waals surface area contributed by atoms with E-state index in [1.165, 1.54) is 33.4 Å². The molecule has 0 aliphatic heterocycles. The van der Waals surface area contributed by atoms with Crippen LogP contribution in [0.25, 0.3) is 5.69 Å². The molecule has 0 atom stereocenters. The van der Waals surface area contributed by atoms with Crippen molar-refractivity contribution in [2.75, 3.05) is 0 Å². The van der Waals surface area contributed by atoms with E-state index in [1.54, 1.807) is 0 Å². The van der Waals surface area contributed by atoms with Crippen molar-refractivity contribution >= 4 is 17.6 Å². The fourth-order valence-corrected chi connectivity index (χ4v) is 3.85. The third-order valence-corrected chi connectivity index (χ3v) is 5.51. The van der Waals surface area contributed by atoms with Crippen LogP contribution in [0.3, 0.4) is 0 Å². The predicted octanol–water partition coefficient (Wildman–Crippen LogP) is 5.84. The van der Waals surface area contributed by atoms with Gasteiger partial charge in [-0.15, -0.1) is 5.98 Å². The van der Waals surface area contributed by atoms with Crippen molar-refractivity contribution < 1.29 is 0 Å². The maximum absolute atomic E-state index is 4.14. The third kappa shape index (κ3) is 6.10. The van der Waals surface area contributed by atoms with Crippen LogP contribution < -0.4 is 10.9 Å². The number of imidazole rings is 1. The Kier molecular flexibility index (Phi) is 8.27. The lowest BCUT2D eigenvalue weighted by molar-refractivity contribution is 0.833. The van der Waals surface area contributed by atoms with Crippen molar-refractivity contribution in [3.05, 3.63) is 120 Å². The average molecular weight is 420 g/mol. The molecule has 0 saturated heterocycles. The summed E-state index contributed by atoms with van der Waals surface area (Å²) in [6.45, 7) is 11.1. The van der Waals surface area contributed by atoms with Gasteiger partial charge in [-0.05, 0) is 37.8 Å². The molecule has 4 rings (SSSR count). The minimum absolute atomic E-state index is 0.356. The summed E-state index contributed by atoms with van der Waals surface area (Å²) in [5.74, 6) is 2.90. The molecule has 0 radical (unpaired) electrons. The summed E-state index contributed by atoms with van der Waals surface area (Å²) in [5, 5.41) is 0. The first-order valence-corrected chi connectivity index (χ1v) is 11.3. The molecule has 0 bridgehead atoms. The fourth-order valence-electron chi connectivity index (χ4n) is 3.85. The van der Waals surface area contributed by atoms with Crippen LogP contribution in [-0.4, -0.2) is 16.3 Å². The molecule has 1 aromatic heterocycles. The highest BCUT2D eigenvalue weighted by molar-refractivity contribution is 6.89.